The summed E-state index contributed by atoms with van der Waals surface area (Å²) in [7, 11) is 4.04. The number of carbonyl (C=O) groups excluding carboxylic acids is 1. The average molecular weight is 313 g/mol. The summed E-state index contributed by atoms with van der Waals surface area (Å²) < 4.78 is 5.52. The Labute approximate surface area is 132 Å². The van der Waals surface area contributed by atoms with Crippen molar-refractivity contribution < 1.29 is 9.53 Å². The first-order valence-corrected chi connectivity index (χ1v) is 7.48. The zero-order valence-electron chi connectivity index (χ0n) is 13.5. The minimum Gasteiger partial charge on any atom is -0.484 e. The molecule has 0 aromatic heterocycles. The highest BCUT2D eigenvalue weighted by Crippen LogP contribution is 2.25. The molecule has 21 heavy (non-hydrogen) atoms. The summed E-state index contributed by atoms with van der Waals surface area (Å²) in [5.41, 5.74) is 1.90. The van der Waals surface area contributed by atoms with E-state index in [-0.39, 0.29) is 12.5 Å². The van der Waals surface area contributed by atoms with Gasteiger partial charge < -0.3 is 15.0 Å². The number of benzene rings is 1. The number of aryl methyl sites for hydroxylation is 2. The number of ether oxygens (including phenoxy) is 1. The van der Waals surface area contributed by atoms with Gasteiger partial charge in [-0.15, -0.1) is 0 Å². The fourth-order valence-corrected chi connectivity index (χ4v) is 2.27. The molecule has 0 aliphatic carbocycles. The highest BCUT2D eigenvalue weighted by molar-refractivity contribution is 6.32. The van der Waals surface area contributed by atoms with Crippen LogP contribution in [0.25, 0.3) is 0 Å². The van der Waals surface area contributed by atoms with Crippen LogP contribution in [-0.4, -0.2) is 44.6 Å². The standard InChI is InChI=1S/C16H25ClN2O2/c1-11(9-19(4)5)8-18-15(20)10-21-14-6-12(2)16(17)13(3)7-14/h6-7,11H,8-10H2,1-5H3,(H,18,20)/t11-/m1/s1. The van der Waals surface area contributed by atoms with Crippen LogP contribution < -0.4 is 10.1 Å². The molecule has 1 N–H and O–H groups in total. The molecular formula is C16H25ClN2O2. The van der Waals surface area contributed by atoms with Crippen molar-refractivity contribution in [2.75, 3.05) is 33.8 Å². The van der Waals surface area contributed by atoms with Crippen molar-refractivity contribution in [3.8, 4) is 5.75 Å². The maximum Gasteiger partial charge on any atom is 0.257 e. The van der Waals surface area contributed by atoms with Crippen LogP contribution in [0.5, 0.6) is 5.75 Å². The third-order valence-corrected chi connectivity index (χ3v) is 3.70. The van der Waals surface area contributed by atoms with Crippen LogP contribution in [0, 0.1) is 19.8 Å². The molecule has 5 heteroatoms. The van der Waals surface area contributed by atoms with Crippen LogP contribution in [0.4, 0.5) is 0 Å². The normalized spacial score (nSPS) is 12.3. The van der Waals surface area contributed by atoms with Gasteiger partial charge in [0.1, 0.15) is 5.75 Å². The summed E-state index contributed by atoms with van der Waals surface area (Å²) in [6, 6.07) is 3.69. The Bertz CT molecular complexity index is 466. The molecule has 1 amide bonds. The van der Waals surface area contributed by atoms with Gasteiger partial charge in [0.15, 0.2) is 6.61 Å². The first kappa shape index (κ1) is 17.8. The highest BCUT2D eigenvalue weighted by atomic mass is 35.5. The second-order valence-corrected chi connectivity index (χ2v) is 6.21. The summed E-state index contributed by atoms with van der Waals surface area (Å²) in [5, 5.41) is 3.62. The molecule has 0 fully saturated rings. The van der Waals surface area contributed by atoms with Crippen molar-refractivity contribution >= 4 is 17.5 Å². The van der Waals surface area contributed by atoms with Crippen LogP contribution >= 0.6 is 11.6 Å². The Hall–Kier alpha value is -1.26. The van der Waals surface area contributed by atoms with Gasteiger partial charge in [0.2, 0.25) is 0 Å². The number of amides is 1. The predicted molar refractivity (Wildman–Crippen MR) is 87.1 cm³/mol. The molecule has 118 valence electrons. The van der Waals surface area contributed by atoms with E-state index in [2.05, 4.69) is 17.1 Å². The van der Waals surface area contributed by atoms with Gasteiger partial charge in [-0.1, -0.05) is 18.5 Å². The molecule has 1 rings (SSSR count). The summed E-state index contributed by atoms with van der Waals surface area (Å²) >= 11 is 6.10. The molecule has 0 aliphatic heterocycles. The third-order valence-electron chi connectivity index (χ3n) is 3.10. The highest BCUT2D eigenvalue weighted by Gasteiger charge is 2.08. The van der Waals surface area contributed by atoms with Crippen molar-refractivity contribution in [2.24, 2.45) is 5.92 Å². The molecule has 0 saturated heterocycles. The molecule has 0 bridgehead atoms. The monoisotopic (exact) mass is 312 g/mol. The number of carbonyl (C=O) groups is 1. The molecule has 4 nitrogen and oxygen atoms in total. The zero-order chi connectivity index (χ0) is 16.0. The minimum absolute atomic E-state index is 0.0230. The largest absolute Gasteiger partial charge is 0.484 e. The first-order valence-electron chi connectivity index (χ1n) is 7.10. The van der Waals surface area contributed by atoms with Gasteiger partial charge in [-0.3, -0.25) is 4.79 Å². The van der Waals surface area contributed by atoms with E-state index >= 15 is 0 Å². The van der Waals surface area contributed by atoms with Crippen LogP contribution in [0.1, 0.15) is 18.1 Å². The second-order valence-electron chi connectivity index (χ2n) is 5.83. The number of nitrogens with one attached hydrogen (secondary N) is 1. The van der Waals surface area contributed by atoms with Crippen LogP contribution in [-0.2, 0) is 4.79 Å². The Morgan fingerprint density at radius 2 is 1.90 bits per heavy atom. The molecule has 0 heterocycles. The van der Waals surface area contributed by atoms with E-state index < -0.39 is 0 Å². The maximum atomic E-state index is 11.8. The predicted octanol–water partition coefficient (Wildman–Crippen LogP) is 2.65. The van der Waals surface area contributed by atoms with E-state index in [0.29, 0.717) is 18.2 Å². The van der Waals surface area contributed by atoms with Crippen molar-refractivity contribution in [1.29, 1.82) is 0 Å². The maximum absolute atomic E-state index is 11.8. The lowest BCUT2D eigenvalue weighted by atomic mass is 10.1. The van der Waals surface area contributed by atoms with E-state index in [1.807, 2.05) is 40.1 Å². The molecular weight excluding hydrogens is 288 g/mol. The number of halogens is 1. The topological polar surface area (TPSA) is 41.6 Å². The van der Waals surface area contributed by atoms with Crippen LogP contribution in [0.3, 0.4) is 0 Å². The van der Waals surface area contributed by atoms with Crippen molar-refractivity contribution in [2.45, 2.75) is 20.8 Å². The van der Waals surface area contributed by atoms with E-state index in [9.17, 15) is 4.79 Å². The van der Waals surface area contributed by atoms with Crippen molar-refractivity contribution in [3.63, 3.8) is 0 Å². The number of hydrogen-bond acceptors (Lipinski definition) is 3. The molecule has 1 aromatic carbocycles. The van der Waals surface area contributed by atoms with Gasteiger partial charge >= 0.3 is 0 Å². The lowest BCUT2D eigenvalue weighted by Crippen LogP contribution is -2.35. The molecule has 0 unspecified atom stereocenters. The summed E-state index contributed by atoms with van der Waals surface area (Å²) in [6.07, 6.45) is 0. The Morgan fingerprint density at radius 3 is 2.43 bits per heavy atom. The molecule has 0 aliphatic rings. The van der Waals surface area contributed by atoms with Gasteiger partial charge in [0.05, 0.1) is 0 Å². The lowest BCUT2D eigenvalue weighted by Gasteiger charge is -2.17. The fraction of sp³-hybridized carbons (Fsp3) is 0.562. The smallest absolute Gasteiger partial charge is 0.257 e. The van der Waals surface area contributed by atoms with Gasteiger partial charge in [-0.05, 0) is 57.1 Å². The number of rotatable bonds is 7. The number of nitrogens with zero attached hydrogens (tertiary/aromatic N) is 1. The fourth-order valence-electron chi connectivity index (χ4n) is 2.17. The Balaban J connectivity index is 2.40. The summed E-state index contributed by atoms with van der Waals surface area (Å²) in [5.74, 6) is 0.973. The van der Waals surface area contributed by atoms with Gasteiger partial charge in [-0.2, -0.15) is 0 Å². The van der Waals surface area contributed by atoms with E-state index in [1.165, 1.54) is 0 Å². The third kappa shape index (κ3) is 6.36. The number of hydrogen-bond donors (Lipinski definition) is 1. The van der Waals surface area contributed by atoms with Crippen molar-refractivity contribution in [1.82, 2.24) is 10.2 Å². The van der Waals surface area contributed by atoms with Gasteiger partial charge in [0, 0.05) is 18.1 Å². The quantitative estimate of drug-likeness (QED) is 0.841. The second kappa shape index (κ2) is 8.25. The SMILES string of the molecule is Cc1cc(OCC(=O)NC[C@@H](C)CN(C)C)cc(C)c1Cl. The summed E-state index contributed by atoms with van der Waals surface area (Å²) in [4.78, 5) is 13.9. The Kier molecular flexibility index (Phi) is 6.99. The van der Waals surface area contributed by atoms with Crippen molar-refractivity contribution in [3.05, 3.63) is 28.3 Å². The molecule has 1 aromatic rings. The minimum atomic E-state index is -0.106. The zero-order valence-corrected chi connectivity index (χ0v) is 14.3. The molecule has 1 atom stereocenters. The molecule has 0 radical (unpaired) electrons. The van der Waals surface area contributed by atoms with E-state index in [4.69, 9.17) is 16.3 Å². The van der Waals surface area contributed by atoms with E-state index in [1.54, 1.807) is 0 Å². The van der Waals surface area contributed by atoms with E-state index in [0.717, 1.165) is 22.7 Å². The first-order chi connectivity index (χ1) is 9.79. The summed E-state index contributed by atoms with van der Waals surface area (Å²) in [6.45, 7) is 7.56. The van der Waals surface area contributed by atoms with Gasteiger partial charge in [0.25, 0.3) is 5.91 Å². The van der Waals surface area contributed by atoms with Crippen LogP contribution in [0.15, 0.2) is 12.1 Å². The van der Waals surface area contributed by atoms with Crippen LogP contribution in [0.2, 0.25) is 5.02 Å². The molecule has 0 spiro atoms. The lowest BCUT2D eigenvalue weighted by molar-refractivity contribution is -0.123. The van der Waals surface area contributed by atoms with Gasteiger partial charge in [-0.25, -0.2) is 0 Å². The average Bonchev–Trinajstić information content (AvgIpc) is 2.39. The molecule has 0 saturated carbocycles. The Morgan fingerprint density at radius 1 is 1.33 bits per heavy atom.